The molecule has 138 valence electrons. The van der Waals surface area contributed by atoms with Crippen LogP contribution in [0.5, 0.6) is 0 Å². The Morgan fingerprint density at radius 2 is 1.88 bits per heavy atom. The molecule has 1 amide bonds. The van der Waals surface area contributed by atoms with Gasteiger partial charge in [-0.3, -0.25) is 4.79 Å². The minimum absolute atomic E-state index is 0.103. The van der Waals surface area contributed by atoms with Gasteiger partial charge in [-0.25, -0.2) is 12.7 Å². The quantitative estimate of drug-likeness (QED) is 0.594. The lowest BCUT2D eigenvalue weighted by molar-refractivity contribution is -0.120. The van der Waals surface area contributed by atoms with Crippen LogP contribution in [0.15, 0.2) is 58.6 Å². The number of nitrogens with one attached hydrogen (secondary N) is 1. The zero-order chi connectivity index (χ0) is 19.2. The Morgan fingerprint density at radius 3 is 2.54 bits per heavy atom. The van der Waals surface area contributed by atoms with Crippen LogP contribution in [0.2, 0.25) is 0 Å². The highest BCUT2D eigenvalue weighted by Crippen LogP contribution is 2.21. The number of anilines is 1. The van der Waals surface area contributed by atoms with E-state index in [0.29, 0.717) is 5.69 Å². The molecule has 0 atom stereocenters. The van der Waals surface area contributed by atoms with Crippen molar-refractivity contribution in [3.8, 4) is 0 Å². The van der Waals surface area contributed by atoms with Crippen LogP contribution in [0.25, 0.3) is 0 Å². The van der Waals surface area contributed by atoms with Crippen molar-refractivity contribution in [2.24, 2.45) is 5.16 Å². The highest BCUT2D eigenvalue weighted by Gasteiger charge is 2.18. The molecule has 2 aromatic rings. The summed E-state index contributed by atoms with van der Waals surface area (Å²) in [5.74, 6) is -0.433. The minimum Gasteiger partial charge on any atom is -0.386 e. The first kappa shape index (κ1) is 19.6. The van der Waals surface area contributed by atoms with Crippen LogP contribution in [0.4, 0.5) is 5.69 Å². The Labute approximate surface area is 153 Å². The summed E-state index contributed by atoms with van der Waals surface area (Å²) in [5, 5.41) is 6.38. The first-order chi connectivity index (χ1) is 12.3. The SMILES string of the molecule is Cc1ccc(S(=O)(=O)N(C)C)cc1NC(=O)CO/N=C/c1ccccc1. The van der Waals surface area contributed by atoms with E-state index in [1.165, 1.54) is 32.4 Å². The summed E-state index contributed by atoms with van der Waals surface area (Å²) < 4.78 is 25.5. The zero-order valence-corrected chi connectivity index (χ0v) is 15.7. The number of rotatable bonds is 7. The number of hydrogen-bond acceptors (Lipinski definition) is 5. The van der Waals surface area contributed by atoms with Gasteiger partial charge in [0.05, 0.1) is 11.1 Å². The van der Waals surface area contributed by atoms with Crippen molar-refractivity contribution in [3.05, 3.63) is 59.7 Å². The molecule has 2 rings (SSSR count). The molecule has 0 aromatic heterocycles. The van der Waals surface area contributed by atoms with E-state index in [9.17, 15) is 13.2 Å². The summed E-state index contributed by atoms with van der Waals surface area (Å²) >= 11 is 0. The number of carbonyl (C=O) groups is 1. The molecule has 0 radical (unpaired) electrons. The van der Waals surface area contributed by atoms with E-state index in [1.807, 2.05) is 30.3 Å². The highest BCUT2D eigenvalue weighted by atomic mass is 32.2. The average molecular weight is 375 g/mol. The molecule has 8 heteroatoms. The Hall–Kier alpha value is -2.71. The maximum atomic E-state index is 12.2. The summed E-state index contributed by atoms with van der Waals surface area (Å²) in [6, 6.07) is 13.9. The van der Waals surface area contributed by atoms with E-state index < -0.39 is 15.9 Å². The van der Waals surface area contributed by atoms with Crippen LogP contribution < -0.4 is 5.32 Å². The maximum absolute atomic E-state index is 12.2. The normalized spacial score (nSPS) is 11.7. The van der Waals surface area contributed by atoms with Crippen LogP contribution in [0.3, 0.4) is 0 Å². The van der Waals surface area contributed by atoms with E-state index in [-0.39, 0.29) is 11.5 Å². The zero-order valence-electron chi connectivity index (χ0n) is 14.8. The van der Waals surface area contributed by atoms with Gasteiger partial charge in [-0.2, -0.15) is 0 Å². The van der Waals surface area contributed by atoms with Gasteiger partial charge in [0.2, 0.25) is 10.0 Å². The lowest BCUT2D eigenvalue weighted by Crippen LogP contribution is -2.23. The van der Waals surface area contributed by atoms with Crippen molar-refractivity contribution < 1.29 is 18.0 Å². The van der Waals surface area contributed by atoms with E-state index in [1.54, 1.807) is 13.0 Å². The maximum Gasteiger partial charge on any atom is 0.265 e. The van der Waals surface area contributed by atoms with E-state index in [4.69, 9.17) is 4.84 Å². The van der Waals surface area contributed by atoms with Gasteiger partial charge in [0, 0.05) is 19.8 Å². The third kappa shape index (κ3) is 5.14. The number of amides is 1. The molecule has 0 aliphatic rings. The molecular weight excluding hydrogens is 354 g/mol. The fraction of sp³-hybridized carbons (Fsp3) is 0.222. The Bertz CT molecular complexity index is 894. The van der Waals surface area contributed by atoms with Gasteiger partial charge in [-0.1, -0.05) is 41.6 Å². The average Bonchev–Trinajstić information content (AvgIpc) is 2.61. The summed E-state index contributed by atoms with van der Waals surface area (Å²) in [5.41, 5.74) is 2.00. The van der Waals surface area contributed by atoms with Crippen molar-refractivity contribution >= 4 is 27.8 Å². The van der Waals surface area contributed by atoms with E-state index in [2.05, 4.69) is 10.5 Å². The summed E-state index contributed by atoms with van der Waals surface area (Å²) in [6.07, 6.45) is 1.50. The standard InChI is InChI=1S/C18H21N3O4S/c1-14-9-10-16(26(23,24)21(2)3)11-17(14)20-18(22)13-25-19-12-15-7-5-4-6-8-15/h4-12H,13H2,1-3H3,(H,20,22)/b19-12+. The second-order valence-corrected chi connectivity index (χ2v) is 7.88. The van der Waals surface area contributed by atoms with Gasteiger partial charge in [-0.15, -0.1) is 0 Å². The number of nitrogens with zero attached hydrogens (tertiary/aromatic N) is 2. The number of carbonyl (C=O) groups excluding carboxylic acids is 1. The lowest BCUT2D eigenvalue weighted by Gasteiger charge is -2.14. The smallest absolute Gasteiger partial charge is 0.265 e. The molecule has 0 unspecified atom stereocenters. The van der Waals surface area contributed by atoms with Crippen LogP contribution in [-0.2, 0) is 19.7 Å². The molecule has 2 aromatic carbocycles. The van der Waals surface area contributed by atoms with Gasteiger partial charge >= 0.3 is 0 Å². The fourth-order valence-electron chi connectivity index (χ4n) is 2.03. The monoisotopic (exact) mass is 375 g/mol. The molecular formula is C18H21N3O4S. The Morgan fingerprint density at radius 1 is 1.19 bits per heavy atom. The molecule has 0 fully saturated rings. The number of benzene rings is 2. The number of oxime groups is 1. The summed E-state index contributed by atoms with van der Waals surface area (Å²) in [4.78, 5) is 17.1. The van der Waals surface area contributed by atoms with Crippen LogP contribution >= 0.6 is 0 Å². The van der Waals surface area contributed by atoms with Crippen LogP contribution in [0.1, 0.15) is 11.1 Å². The lowest BCUT2D eigenvalue weighted by atomic mass is 10.2. The van der Waals surface area contributed by atoms with Crippen molar-refractivity contribution in [3.63, 3.8) is 0 Å². The molecule has 26 heavy (non-hydrogen) atoms. The van der Waals surface area contributed by atoms with Gasteiger partial charge in [-0.05, 0) is 30.2 Å². The summed E-state index contributed by atoms with van der Waals surface area (Å²) in [7, 11) is -0.675. The van der Waals surface area contributed by atoms with E-state index in [0.717, 1.165) is 15.4 Å². The van der Waals surface area contributed by atoms with Crippen LogP contribution in [-0.4, -0.2) is 45.5 Å². The van der Waals surface area contributed by atoms with Gasteiger partial charge in [0.15, 0.2) is 6.61 Å². The van der Waals surface area contributed by atoms with Crippen molar-refractivity contribution in [2.75, 3.05) is 26.0 Å². The highest BCUT2D eigenvalue weighted by molar-refractivity contribution is 7.89. The molecule has 0 heterocycles. The Kier molecular flexibility index (Phi) is 6.48. The summed E-state index contributed by atoms with van der Waals surface area (Å²) in [6.45, 7) is 1.49. The largest absolute Gasteiger partial charge is 0.386 e. The van der Waals surface area contributed by atoms with Gasteiger partial charge in [0.25, 0.3) is 5.91 Å². The molecule has 1 N–H and O–H groups in total. The van der Waals surface area contributed by atoms with Gasteiger partial charge < -0.3 is 10.2 Å². The molecule has 0 saturated heterocycles. The molecule has 0 saturated carbocycles. The predicted octanol–water partition coefficient (Wildman–Crippen LogP) is 2.23. The Balaban J connectivity index is 1.99. The fourth-order valence-corrected chi connectivity index (χ4v) is 2.95. The second kappa shape index (κ2) is 8.59. The number of hydrogen-bond donors (Lipinski definition) is 1. The molecule has 0 bridgehead atoms. The number of sulfonamides is 1. The van der Waals surface area contributed by atoms with Crippen molar-refractivity contribution in [2.45, 2.75) is 11.8 Å². The number of aryl methyl sites for hydroxylation is 1. The second-order valence-electron chi connectivity index (χ2n) is 5.73. The van der Waals surface area contributed by atoms with Gasteiger partial charge in [0.1, 0.15) is 0 Å². The molecule has 0 aliphatic carbocycles. The topological polar surface area (TPSA) is 88.1 Å². The first-order valence-electron chi connectivity index (χ1n) is 7.84. The third-order valence-corrected chi connectivity index (χ3v) is 5.34. The van der Waals surface area contributed by atoms with Crippen LogP contribution in [0, 0.1) is 6.92 Å². The minimum atomic E-state index is -3.58. The third-order valence-electron chi connectivity index (χ3n) is 3.53. The first-order valence-corrected chi connectivity index (χ1v) is 9.28. The molecule has 0 aliphatic heterocycles. The predicted molar refractivity (Wildman–Crippen MR) is 101 cm³/mol. The molecule has 7 nitrogen and oxygen atoms in total. The van der Waals surface area contributed by atoms with Crippen molar-refractivity contribution in [1.29, 1.82) is 0 Å². The molecule has 0 spiro atoms. The van der Waals surface area contributed by atoms with Crippen molar-refractivity contribution in [1.82, 2.24) is 4.31 Å². The van der Waals surface area contributed by atoms with E-state index >= 15 is 0 Å².